The Bertz CT molecular complexity index is 4280. The van der Waals surface area contributed by atoms with Crippen LogP contribution in [0.15, 0.2) is 303 Å². The molecule has 0 heterocycles. The molecule has 0 aromatic heterocycles. The van der Waals surface area contributed by atoms with Crippen molar-refractivity contribution < 1.29 is 37.9 Å². The van der Waals surface area contributed by atoms with Gasteiger partial charge in [-0.15, -0.1) is 0 Å². The Morgan fingerprint density at radius 1 is 0.151 bits per heavy atom. The molecule has 526 valence electrons. The standard InChI is InChI=1S/C94H82N4O8/c1-99-87-49-33-79(34-50-87)95(80-35-51-88(100-2)52-36-80)75-25-13-67(14-26-75)9-21-71-65-73(23-11-69-17-29-77(30-18-69)97(83-41-57-91(103-5)58-42-83)84-43-59-92(104-6)60-44-84)74(24-12-70-19-31-78(32-20-70)98(85-45-61-93(105-7)62-46-85)86-47-63-94(106-8)64-48-86)66-72(71)22-10-68-15-27-76(28-16-68)96(81-37-53-89(101-3)54-38-81)82-39-55-90(102-4)56-40-82/h9-66H,1-8H3/b21-9+,22-10+,23-11+,24-12+. The average molecular weight is 1400 g/mol. The number of rotatable bonds is 28. The van der Waals surface area contributed by atoms with E-state index in [1.807, 2.05) is 97.1 Å². The molecular formula is C94H82N4O8. The Morgan fingerprint density at radius 2 is 0.264 bits per heavy atom. The summed E-state index contributed by atoms with van der Waals surface area (Å²) in [7, 11) is 13.5. The molecule has 13 aromatic carbocycles. The normalized spacial score (nSPS) is 11.2. The molecule has 106 heavy (non-hydrogen) atoms. The molecule has 12 heteroatoms. The summed E-state index contributed by atoms with van der Waals surface area (Å²) in [5, 5.41) is 0. The summed E-state index contributed by atoms with van der Waals surface area (Å²) in [5.74, 6) is 6.26. The third-order valence-electron chi connectivity index (χ3n) is 18.4. The van der Waals surface area contributed by atoms with Crippen LogP contribution in [0.5, 0.6) is 46.0 Å². The minimum absolute atomic E-state index is 0.782. The first-order chi connectivity index (χ1) is 52.1. The van der Waals surface area contributed by atoms with Crippen molar-refractivity contribution in [3.8, 4) is 46.0 Å². The third kappa shape index (κ3) is 17.0. The van der Waals surface area contributed by atoms with Gasteiger partial charge >= 0.3 is 0 Å². The summed E-state index contributed by atoms with van der Waals surface area (Å²) >= 11 is 0. The smallest absolute Gasteiger partial charge is 0.119 e. The van der Waals surface area contributed by atoms with Crippen molar-refractivity contribution in [3.63, 3.8) is 0 Å². The molecule has 0 bridgehead atoms. The molecule has 0 saturated heterocycles. The molecule has 0 spiro atoms. The van der Waals surface area contributed by atoms with E-state index in [4.69, 9.17) is 37.9 Å². The van der Waals surface area contributed by atoms with Crippen LogP contribution in [0.4, 0.5) is 68.2 Å². The van der Waals surface area contributed by atoms with Gasteiger partial charge in [0.25, 0.3) is 0 Å². The van der Waals surface area contributed by atoms with Gasteiger partial charge in [0, 0.05) is 68.2 Å². The van der Waals surface area contributed by atoms with Gasteiger partial charge in [-0.2, -0.15) is 0 Å². The Labute approximate surface area is 621 Å². The Morgan fingerprint density at radius 3 is 0.377 bits per heavy atom. The van der Waals surface area contributed by atoms with Crippen LogP contribution < -0.4 is 57.5 Å². The highest BCUT2D eigenvalue weighted by Gasteiger charge is 2.19. The SMILES string of the molecule is COc1ccc(N(c2ccc(/C=C/c3cc(/C=C/c4ccc(N(c5ccc(OC)cc5)c5ccc(OC)cc5)cc4)c(/C=C/c4ccc(N(c5ccc(OC)cc5)c5ccc(OC)cc5)cc4)cc3/C=C/c3ccc(N(c4ccc(OC)cc4)c4ccc(OC)cc4)cc3)cc2)c2ccc(OC)cc2)cc1. The number of anilines is 12. The second kappa shape index (κ2) is 33.9. The summed E-state index contributed by atoms with van der Waals surface area (Å²) < 4.78 is 44.5. The molecule has 12 nitrogen and oxygen atoms in total. The zero-order chi connectivity index (χ0) is 73.1. The molecule has 0 fully saturated rings. The maximum Gasteiger partial charge on any atom is 0.119 e. The maximum atomic E-state index is 5.56. The predicted octanol–water partition coefficient (Wildman–Crippen LogP) is 24.3. The number of hydrogen-bond donors (Lipinski definition) is 0. The average Bonchev–Trinajstić information content (AvgIpc) is 0.824. The molecule has 0 amide bonds. The van der Waals surface area contributed by atoms with Crippen molar-refractivity contribution in [1.29, 1.82) is 0 Å². The molecule has 0 atom stereocenters. The zero-order valence-electron chi connectivity index (χ0n) is 60.5. The minimum Gasteiger partial charge on any atom is -0.497 e. The lowest BCUT2D eigenvalue weighted by molar-refractivity contribution is 0.414. The Hall–Kier alpha value is -13.6. The number of benzene rings is 13. The molecule has 0 aliphatic heterocycles. The van der Waals surface area contributed by atoms with Gasteiger partial charge < -0.3 is 57.5 Å². The molecular weight excluding hydrogens is 1310 g/mol. The van der Waals surface area contributed by atoms with E-state index in [2.05, 4.69) is 274 Å². The van der Waals surface area contributed by atoms with E-state index in [1.54, 1.807) is 56.9 Å². The van der Waals surface area contributed by atoms with Gasteiger partial charge in [0.2, 0.25) is 0 Å². The largest absolute Gasteiger partial charge is 0.497 e. The van der Waals surface area contributed by atoms with Gasteiger partial charge in [-0.1, -0.05) is 97.1 Å². The van der Waals surface area contributed by atoms with Crippen molar-refractivity contribution in [2.24, 2.45) is 0 Å². The van der Waals surface area contributed by atoms with Crippen LogP contribution in [-0.4, -0.2) is 56.9 Å². The lowest BCUT2D eigenvalue weighted by Crippen LogP contribution is -2.09. The van der Waals surface area contributed by atoms with Gasteiger partial charge in [0.15, 0.2) is 0 Å². The van der Waals surface area contributed by atoms with E-state index in [0.717, 1.165) is 159 Å². The topological polar surface area (TPSA) is 86.8 Å². The Kier molecular flexibility index (Phi) is 22.7. The van der Waals surface area contributed by atoms with Crippen LogP contribution in [0, 0.1) is 0 Å². The highest BCUT2D eigenvalue weighted by molar-refractivity contribution is 5.89. The van der Waals surface area contributed by atoms with E-state index in [9.17, 15) is 0 Å². The van der Waals surface area contributed by atoms with Crippen LogP contribution in [-0.2, 0) is 0 Å². The van der Waals surface area contributed by atoms with Crippen LogP contribution in [0.3, 0.4) is 0 Å². The first-order valence-electron chi connectivity index (χ1n) is 34.7. The van der Waals surface area contributed by atoms with Crippen molar-refractivity contribution in [2.75, 3.05) is 76.5 Å². The summed E-state index contributed by atoms with van der Waals surface area (Å²) in [5.41, 5.74) is 20.0. The van der Waals surface area contributed by atoms with Crippen molar-refractivity contribution >= 4 is 117 Å². The lowest BCUT2D eigenvalue weighted by Gasteiger charge is -2.26. The number of hydrogen-bond acceptors (Lipinski definition) is 12. The number of nitrogens with zero attached hydrogens (tertiary/aromatic N) is 4. The monoisotopic (exact) mass is 1390 g/mol. The van der Waals surface area contributed by atoms with Gasteiger partial charge in [0.05, 0.1) is 56.9 Å². The van der Waals surface area contributed by atoms with E-state index < -0.39 is 0 Å². The molecule has 13 aromatic rings. The van der Waals surface area contributed by atoms with Crippen molar-refractivity contribution in [3.05, 3.63) is 348 Å². The second-order valence-electron chi connectivity index (χ2n) is 24.7. The van der Waals surface area contributed by atoms with E-state index >= 15 is 0 Å². The molecule has 0 saturated carbocycles. The summed E-state index contributed by atoms with van der Waals surface area (Å²) in [6.45, 7) is 0. The fourth-order valence-electron chi connectivity index (χ4n) is 12.6. The summed E-state index contributed by atoms with van der Waals surface area (Å²) in [4.78, 5) is 8.90. The van der Waals surface area contributed by atoms with Crippen molar-refractivity contribution in [1.82, 2.24) is 0 Å². The fraction of sp³-hybridized carbons (Fsp3) is 0.0851. The molecule has 13 rings (SSSR count). The van der Waals surface area contributed by atoms with Crippen LogP contribution in [0.2, 0.25) is 0 Å². The molecule has 0 radical (unpaired) electrons. The van der Waals surface area contributed by atoms with E-state index in [0.29, 0.717) is 0 Å². The van der Waals surface area contributed by atoms with Crippen LogP contribution in [0.1, 0.15) is 44.5 Å². The van der Waals surface area contributed by atoms with Crippen molar-refractivity contribution in [2.45, 2.75) is 0 Å². The quantitative estimate of drug-likeness (QED) is 0.0438. The number of ether oxygens (including phenoxy) is 8. The van der Waals surface area contributed by atoms with E-state index in [1.165, 1.54) is 0 Å². The van der Waals surface area contributed by atoms with E-state index in [-0.39, 0.29) is 0 Å². The maximum absolute atomic E-state index is 5.56. The highest BCUT2D eigenvalue weighted by Crippen LogP contribution is 2.42. The van der Waals surface area contributed by atoms with Gasteiger partial charge in [0.1, 0.15) is 46.0 Å². The first kappa shape index (κ1) is 70.8. The number of methoxy groups -OCH3 is 8. The molecule has 0 aliphatic carbocycles. The third-order valence-corrected chi connectivity index (χ3v) is 18.4. The Balaban J connectivity index is 0.906. The summed E-state index contributed by atoms with van der Waals surface area (Å²) in [6.07, 6.45) is 17.6. The summed E-state index contributed by atoms with van der Waals surface area (Å²) in [6, 6.07) is 104. The first-order valence-corrected chi connectivity index (χ1v) is 34.7. The van der Waals surface area contributed by atoms with Gasteiger partial charge in [-0.25, -0.2) is 0 Å². The van der Waals surface area contributed by atoms with Gasteiger partial charge in [-0.05, 0) is 299 Å². The molecule has 0 N–H and O–H groups in total. The highest BCUT2D eigenvalue weighted by atomic mass is 16.5. The second-order valence-corrected chi connectivity index (χ2v) is 24.7. The molecule has 0 unspecified atom stereocenters. The predicted molar refractivity (Wildman–Crippen MR) is 439 cm³/mol. The van der Waals surface area contributed by atoms with Crippen LogP contribution in [0.25, 0.3) is 48.6 Å². The van der Waals surface area contributed by atoms with Crippen LogP contribution >= 0.6 is 0 Å². The zero-order valence-corrected chi connectivity index (χ0v) is 60.5. The lowest BCUT2D eigenvalue weighted by atomic mass is 9.95. The minimum atomic E-state index is 0.782. The van der Waals surface area contributed by atoms with Gasteiger partial charge in [-0.3, -0.25) is 0 Å². The fourth-order valence-corrected chi connectivity index (χ4v) is 12.6. The molecule has 0 aliphatic rings.